The van der Waals surface area contributed by atoms with E-state index >= 15 is 0 Å². The van der Waals surface area contributed by atoms with Gasteiger partial charge in [-0.2, -0.15) is 0 Å². The van der Waals surface area contributed by atoms with E-state index in [1.54, 1.807) is 20.3 Å². The first-order valence-corrected chi connectivity index (χ1v) is 9.46. The number of ether oxygens (including phenoxy) is 4. The van der Waals surface area contributed by atoms with Crippen LogP contribution in [-0.2, 0) is 24.2 Å². The summed E-state index contributed by atoms with van der Waals surface area (Å²) in [4.78, 5) is 12.5. The van der Waals surface area contributed by atoms with Crippen molar-refractivity contribution in [1.82, 2.24) is 5.32 Å². The predicted octanol–water partition coefficient (Wildman–Crippen LogP) is 3.28. The number of carbonyl (C=O) groups is 1. The van der Waals surface area contributed by atoms with E-state index in [4.69, 9.17) is 18.9 Å². The van der Waals surface area contributed by atoms with Crippen molar-refractivity contribution in [2.24, 2.45) is 0 Å². The van der Waals surface area contributed by atoms with Crippen molar-refractivity contribution in [1.29, 1.82) is 0 Å². The van der Waals surface area contributed by atoms with Crippen LogP contribution in [0.15, 0.2) is 30.3 Å². The van der Waals surface area contributed by atoms with Gasteiger partial charge in [0.1, 0.15) is 29.1 Å². The Morgan fingerprint density at radius 2 is 1.96 bits per heavy atom. The van der Waals surface area contributed by atoms with Crippen molar-refractivity contribution in [3.05, 3.63) is 47.0 Å². The molecule has 0 aliphatic carbocycles. The number of methoxy groups -OCH3 is 2. The lowest BCUT2D eigenvalue weighted by molar-refractivity contribution is -0.120. The molecule has 2 aromatic rings. The highest BCUT2D eigenvalue weighted by Crippen LogP contribution is 2.35. The summed E-state index contributed by atoms with van der Waals surface area (Å²) in [5, 5.41) is 2.97. The smallest absolute Gasteiger partial charge is 0.224 e. The third kappa shape index (κ3) is 4.50. The van der Waals surface area contributed by atoms with Crippen LogP contribution < -0.4 is 24.3 Å². The van der Waals surface area contributed by atoms with Crippen LogP contribution in [0.5, 0.6) is 23.0 Å². The first-order chi connectivity index (χ1) is 13.5. The molecule has 0 bridgehead atoms. The first kappa shape index (κ1) is 19.9. The Morgan fingerprint density at radius 3 is 2.68 bits per heavy atom. The van der Waals surface area contributed by atoms with Gasteiger partial charge in [0, 0.05) is 35.7 Å². The quantitative estimate of drug-likeness (QED) is 0.755. The number of benzene rings is 2. The van der Waals surface area contributed by atoms with E-state index in [9.17, 15) is 4.79 Å². The largest absolute Gasteiger partial charge is 0.497 e. The maximum absolute atomic E-state index is 12.5. The highest BCUT2D eigenvalue weighted by Gasteiger charge is 2.22. The van der Waals surface area contributed by atoms with E-state index in [0.29, 0.717) is 24.7 Å². The zero-order valence-corrected chi connectivity index (χ0v) is 16.8. The fourth-order valence-corrected chi connectivity index (χ4v) is 3.34. The summed E-state index contributed by atoms with van der Waals surface area (Å²) in [7, 11) is 3.17. The van der Waals surface area contributed by atoms with Gasteiger partial charge >= 0.3 is 0 Å². The third-order valence-corrected chi connectivity index (χ3v) is 4.70. The predicted molar refractivity (Wildman–Crippen MR) is 107 cm³/mol. The number of hydrogen-bond donors (Lipinski definition) is 1. The average molecular weight is 385 g/mol. The summed E-state index contributed by atoms with van der Waals surface area (Å²) in [6.07, 6.45) is 1.26. The molecule has 6 nitrogen and oxygen atoms in total. The van der Waals surface area contributed by atoms with Gasteiger partial charge in [-0.3, -0.25) is 4.79 Å². The van der Waals surface area contributed by atoms with Crippen LogP contribution in [0.1, 0.15) is 30.5 Å². The van der Waals surface area contributed by atoms with E-state index in [0.717, 1.165) is 34.6 Å². The molecule has 1 heterocycles. The highest BCUT2D eigenvalue weighted by atomic mass is 16.5. The van der Waals surface area contributed by atoms with Crippen LogP contribution in [0, 0.1) is 0 Å². The third-order valence-electron chi connectivity index (χ3n) is 4.70. The number of carbonyl (C=O) groups excluding carboxylic acids is 1. The Bertz CT molecular complexity index is 849. The van der Waals surface area contributed by atoms with Gasteiger partial charge in [-0.1, -0.05) is 6.07 Å². The van der Waals surface area contributed by atoms with Gasteiger partial charge < -0.3 is 24.3 Å². The van der Waals surface area contributed by atoms with Gasteiger partial charge in [0.15, 0.2) is 0 Å². The summed E-state index contributed by atoms with van der Waals surface area (Å²) in [6, 6.07) is 9.42. The van der Waals surface area contributed by atoms with Crippen molar-refractivity contribution >= 4 is 5.91 Å². The summed E-state index contributed by atoms with van der Waals surface area (Å²) >= 11 is 0. The van der Waals surface area contributed by atoms with Crippen LogP contribution in [0.25, 0.3) is 0 Å². The number of fused-ring (bicyclic) bond motifs is 1. The summed E-state index contributed by atoms with van der Waals surface area (Å²) in [6.45, 7) is 4.94. The van der Waals surface area contributed by atoms with Crippen LogP contribution in [0.2, 0.25) is 0 Å². The van der Waals surface area contributed by atoms with Gasteiger partial charge in [0.2, 0.25) is 5.91 Å². The van der Waals surface area contributed by atoms with Crippen LogP contribution in [0.4, 0.5) is 0 Å². The SMILES string of the molecule is CCOc1cc2c(cc1CNC(=O)Cc1ccc(OC)cc1OC)OC(C)C2. The minimum absolute atomic E-state index is 0.0966. The molecule has 1 amide bonds. The molecule has 2 aromatic carbocycles. The average Bonchev–Trinajstić information content (AvgIpc) is 3.05. The van der Waals surface area contributed by atoms with E-state index in [1.165, 1.54) is 0 Å². The zero-order valence-electron chi connectivity index (χ0n) is 16.8. The Labute approximate surface area is 165 Å². The molecule has 1 aliphatic heterocycles. The molecule has 1 atom stereocenters. The van der Waals surface area contributed by atoms with Gasteiger partial charge in [-0.15, -0.1) is 0 Å². The monoisotopic (exact) mass is 385 g/mol. The molecule has 0 aromatic heterocycles. The molecule has 150 valence electrons. The molecule has 6 heteroatoms. The van der Waals surface area contributed by atoms with E-state index in [1.807, 2.05) is 38.1 Å². The molecular formula is C22H27NO5. The molecule has 1 N–H and O–H groups in total. The van der Waals surface area contributed by atoms with E-state index in [2.05, 4.69) is 5.32 Å². The molecule has 1 unspecified atom stereocenters. The number of hydrogen-bond acceptors (Lipinski definition) is 5. The molecule has 0 fully saturated rings. The fraction of sp³-hybridized carbons (Fsp3) is 0.409. The Morgan fingerprint density at radius 1 is 1.14 bits per heavy atom. The topological polar surface area (TPSA) is 66.0 Å². The minimum Gasteiger partial charge on any atom is -0.497 e. The van der Waals surface area contributed by atoms with Gasteiger partial charge in [-0.25, -0.2) is 0 Å². The summed E-state index contributed by atoms with van der Waals surface area (Å²) in [5.74, 6) is 2.89. The Balaban J connectivity index is 1.69. The van der Waals surface area contributed by atoms with Gasteiger partial charge in [-0.05, 0) is 32.0 Å². The van der Waals surface area contributed by atoms with Crippen molar-refractivity contribution in [2.75, 3.05) is 20.8 Å². The standard InChI is InChI=1S/C22H27NO5/c1-5-27-20-9-16-8-14(2)28-21(16)10-17(20)13-23-22(24)11-15-6-7-18(25-3)12-19(15)26-4/h6-7,9-10,12,14H,5,8,11,13H2,1-4H3,(H,23,24). The van der Waals surface area contributed by atoms with Crippen molar-refractivity contribution < 1.29 is 23.7 Å². The van der Waals surface area contributed by atoms with Crippen molar-refractivity contribution in [2.45, 2.75) is 39.3 Å². The number of rotatable bonds is 8. The van der Waals surface area contributed by atoms with E-state index < -0.39 is 0 Å². The molecule has 0 saturated carbocycles. The minimum atomic E-state index is -0.0966. The maximum atomic E-state index is 12.5. The molecule has 3 rings (SSSR count). The maximum Gasteiger partial charge on any atom is 0.224 e. The molecule has 28 heavy (non-hydrogen) atoms. The van der Waals surface area contributed by atoms with Crippen LogP contribution in [-0.4, -0.2) is 32.8 Å². The molecule has 0 radical (unpaired) electrons. The Hall–Kier alpha value is -2.89. The zero-order chi connectivity index (χ0) is 20.1. The van der Waals surface area contributed by atoms with Crippen LogP contribution in [0.3, 0.4) is 0 Å². The fourth-order valence-electron chi connectivity index (χ4n) is 3.34. The first-order valence-electron chi connectivity index (χ1n) is 9.46. The van der Waals surface area contributed by atoms with Gasteiger partial charge in [0.25, 0.3) is 0 Å². The van der Waals surface area contributed by atoms with Crippen molar-refractivity contribution in [3.8, 4) is 23.0 Å². The number of nitrogens with one attached hydrogen (secondary N) is 1. The second kappa shape index (κ2) is 8.87. The summed E-state index contributed by atoms with van der Waals surface area (Å²) in [5.41, 5.74) is 2.86. The molecular weight excluding hydrogens is 358 g/mol. The van der Waals surface area contributed by atoms with Crippen LogP contribution >= 0.6 is 0 Å². The molecule has 0 saturated heterocycles. The molecule has 1 aliphatic rings. The van der Waals surface area contributed by atoms with E-state index in [-0.39, 0.29) is 18.4 Å². The molecule has 0 spiro atoms. The normalized spacial score (nSPS) is 14.8. The second-order valence-electron chi connectivity index (χ2n) is 6.76. The Kier molecular flexibility index (Phi) is 6.29. The lowest BCUT2D eigenvalue weighted by Crippen LogP contribution is -2.25. The highest BCUT2D eigenvalue weighted by molar-refractivity contribution is 5.79. The lowest BCUT2D eigenvalue weighted by Gasteiger charge is -2.14. The second-order valence-corrected chi connectivity index (χ2v) is 6.76. The number of amides is 1. The lowest BCUT2D eigenvalue weighted by atomic mass is 10.1. The summed E-state index contributed by atoms with van der Waals surface area (Å²) < 4.78 is 22.2. The van der Waals surface area contributed by atoms with Crippen molar-refractivity contribution in [3.63, 3.8) is 0 Å². The van der Waals surface area contributed by atoms with Gasteiger partial charge in [0.05, 0.1) is 27.2 Å².